The Morgan fingerprint density at radius 1 is 1.47 bits per heavy atom. The molecule has 0 unspecified atom stereocenters. The summed E-state index contributed by atoms with van der Waals surface area (Å²) in [5.41, 5.74) is 0.347. The average molecular weight is 209 g/mol. The van der Waals surface area contributed by atoms with Gasteiger partial charge in [-0.2, -0.15) is 0 Å². The minimum absolute atomic E-state index is 0.103. The second-order valence-electron chi connectivity index (χ2n) is 4.34. The van der Waals surface area contributed by atoms with Crippen molar-refractivity contribution < 1.29 is 14.4 Å². The van der Waals surface area contributed by atoms with Crippen molar-refractivity contribution in [1.29, 1.82) is 0 Å². The van der Waals surface area contributed by atoms with Gasteiger partial charge in [-0.05, 0) is 26.8 Å². The number of amides is 1. The lowest BCUT2D eigenvalue weighted by atomic mass is 10.1. The summed E-state index contributed by atoms with van der Waals surface area (Å²) in [5, 5.41) is 2.88. The highest BCUT2D eigenvalue weighted by atomic mass is 16.6. The fourth-order valence-electron chi connectivity index (χ4n) is 1.12. The van der Waals surface area contributed by atoms with Gasteiger partial charge < -0.3 is 5.32 Å². The van der Waals surface area contributed by atoms with E-state index in [4.69, 9.17) is 4.84 Å². The second kappa shape index (κ2) is 4.29. The monoisotopic (exact) mass is 209 g/mol. The zero-order chi connectivity index (χ0) is 11.5. The van der Waals surface area contributed by atoms with Crippen molar-refractivity contribution in [2.75, 3.05) is 7.11 Å². The molecule has 4 nitrogen and oxygen atoms in total. The zero-order valence-corrected chi connectivity index (χ0v) is 9.57. The van der Waals surface area contributed by atoms with Crippen LogP contribution in [-0.4, -0.2) is 18.6 Å². The standard InChI is InChI=1S/C11H16N2O2/c1-11(2,3)12-10(14)9-6-5-7-13(8-9)15-4/h5-8H,1-4H3/p+1. The quantitative estimate of drug-likeness (QED) is 0.723. The van der Waals surface area contributed by atoms with Gasteiger partial charge in [0.05, 0.1) is 0 Å². The number of nitrogens with zero attached hydrogens (tertiary/aromatic N) is 1. The van der Waals surface area contributed by atoms with Crippen molar-refractivity contribution in [1.82, 2.24) is 5.32 Å². The lowest BCUT2D eigenvalue weighted by Crippen LogP contribution is -2.44. The van der Waals surface area contributed by atoms with Gasteiger partial charge in [-0.15, -0.1) is 0 Å². The van der Waals surface area contributed by atoms with Crippen molar-refractivity contribution in [2.24, 2.45) is 0 Å². The smallest absolute Gasteiger partial charge is 0.257 e. The Bertz CT molecular complexity index is 356. The third-order valence-electron chi connectivity index (χ3n) is 1.74. The Morgan fingerprint density at radius 2 is 2.13 bits per heavy atom. The minimum Gasteiger partial charge on any atom is -0.347 e. The van der Waals surface area contributed by atoms with E-state index in [0.717, 1.165) is 0 Å². The summed E-state index contributed by atoms with van der Waals surface area (Å²) in [7, 11) is 1.55. The van der Waals surface area contributed by atoms with Crippen LogP contribution < -0.4 is 14.9 Å². The van der Waals surface area contributed by atoms with E-state index in [1.165, 1.54) is 4.73 Å². The number of nitrogens with one attached hydrogen (secondary N) is 1. The van der Waals surface area contributed by atoms with E-state index in [1.54, 1.807) is 31.6 Å². The lowest BCUT2D eigenvalue weighted by Gasteiger charge is -2.19. The topological polar surface area (TPSA) is 42.2 Å². The van der Waals surface area contributed by atoms with Gasteiger partial charge in [0.25, 0.3) is 5.91 Å². The summed E-state index contributed by atoms with van der Waals surface area (Å²) < 4.78 is 1.48. The van der Waals surface area contributed by atoms with Crippen LogP contribution in [0.2, 0.25) is 0 Å². The maximum atomic E-state index is 11.7. The predicted octanol–water partition coefficient (Wildman–Crippen LogP) is 0.561. The number of pyridine rings is 1. The molecule has 4 heteroatoms. The van der Waals surface area contributed by atoms with Crippen molar-refractivity contribution in [3.8, 4) is 0 Å². The Hall–Kier alpha value is -1.58. The maximum Gasteiger partial charge on any atom is 0.257 e. The first-order chi connectivity index (χ1) is 6.92. The maximum absolute atomic E-state index is 11.7. The van der Waals surface area contributed by atoms with Crippen molar-refractivity contribution in [3.05, 3.63) is 30.1 Å². The molecule has 0 saturated heterocycles. The molecule has 1 aromatic heterocycles. The average Bonchev–Trinajstić information content (AvgIpc) is 2.15. The van der Waals surface area contributed by atoms with Gasteiger partial charge in [-0.1, -0.05) is 0 Å². The highest BCUT2D eigenvalue weighted by molar-refractivity contribution is 5.94. The number of carbonyl (C=O) groups excluding carboxylic acids is 1. The van der Waals surface area contributed by atoms with Crippen LogP contribution in [0.4, 0.5) is 0 Å². The van der Waals surface area contributed by atoms with E-state index in [2.05, 4.69) is 5.32 Å². The van der Waals surface area contributed by atoms with E-state index < -0.39 is 0 Å². The molecule has 0 aromatic carbocycles. The normalized spacial score (nSPS) is 10.9. The third-order valence-corrected chi connectivity index (χ3v) is 1.74. The number of hydrogen-bond donors (Lipinski definition) is 1. The Balaban J connectivity index is 2.82. The first kappa shape index (κ1) is 11.5. The molecule has 1 aromatic rings. The Morgan fingerprint density at radius 3 is 2.67 bits per heavy atom. The number of aromatic nitrogens is 1. The molecule has 0 spiro atoms. The largest absolute Gasteiger partial charge is 0.347 e. The molecule has 0 saturated carbocycles. The fraction of sp³-hybridized carbons (Fsp3) is 0.455. The lowest BCUT2D eigenvalue weighted by molar-refractivity contribution is -0.885. The van der Waals surface area contributed by atoms with Crippen molar-refractivity contribution in [3.63, 3.8) is 0 Å². The minimum atomic E-state index is -0.231. The Kier molecular flexibility index (Phi) is 3.29. The van der Waals surface area contributed by atoms with Gasteiger partial charge in [-0.25, -0.2) is 0 Å². The molecular formula is C11H17N2O2+. The fourth-order valence-corrected chi connectivity index (χ4v) is 1.12. The number of rotatable bonds is 2. The summed E-state index contributed by atoms with van der Waals surface area (Å²) in [4.78, 5) is 16.7. The first-order valence-electron chi connectivity index (χ1n) is 4.81. The number of hydrogen-bond acceptors (Lipinski definition) is 2. The molecule has 0 bridgehead atoms. The van der Waals surface area contributed by atoms with Crippen LogP contribution in [0.1, 0.15) is 31.1 Å². The zero-order valence-electron chi connectivity index (χ0n) is 9.57. The van der Waals surface area contributed by atoms with Crippen molar-refractivity contribution >= 4 is 5.91 Å². The van der Waals surface area contributed by atoms with E-state index in [9.17, 15) is 4.79 Å². The molecule has 1 heterocycles. The highest BCUT2D eigenvalue weighted by Gasteiger charge is 2.17. The van der Waals surface area contributed by atoms with Crippen LogP contribution in [0.3, 0.4) is 0 Å². The SMILES string of the molecule is CO[n+]1cccc(C(=O)NC(C)(C)C)c1. The van der Waals surface area contributed by atoms with E-state index in [0.29, 0.717) is 5.56 Å². The molecule has 1 amide bonds. The molecule has 1 rings (SSSR count). The van der Waals surface area contributed by atoms with Crippen LogP contribution in [0.15, 0.2) is 24.5 Å². The van der Waals surface area contributed by atoms with Crippen molar-refractivity contribution in [2.45, 2.75) is 26.3 Å². The number of carbonyl (C=O) groups is 1. The molecule has 0 aliphatic rings. The molecule has 0 fully saturated rings. The molecule has 0 aliphatic carbocycles. The van der Waals surface area contributed by atoms with E-state index in [-0.39, 0.29) is 11.4 Å². The molecule has 0 atom stereocenters. The molecule has 0 radical (unpaired) electrons. The first-order valence-corrected chi connectivity index (χ1v) is 4.81. The second-order valence-corrected chi connectivity index (χ2v) is 4.34. The summed E-state index contributed by atoms with van der Waals surface area (Å²) >= 11 is 0. The van der Waals surface area contributed by atoms with Gasteiger partial charge >= 0.3 is 0 Å². The molecule has 0 aliphatic heterocycles. The van der Waals surface area contributed by atoms with E-state index in [1.807, 2.05) is 20.8 Å². The van der Waals surface area contributed by atoms with Crippen LogP contribution in [0.25, 0.3) is 0 Å². The van der Waals surface area contributed by atoms with Gasteiger partial charge in [-0.3, -0.25) is 9.63 Å². The predicted molar refractivity (Wildman–Crippen MR) is 56.4 cm³/mol. The molecule has 82 valence electrons. The Labute approximate surface area is 89.8 Å². The van der Waals surface area contributed by atoms with Gasteiger partial charge in [0.1, 0.15) is 12.7 Å². The summed E-state index contributed by atoms with van der Waals surface area (Å²) in [6.07, 6.45) is 3.37. The van der Waals surface area contributed by atoms with E-state index >= 15 is 0 Å². The summed E-state index contributed by atoms with van der Waals surface area (Å²) in [6.45, 7) is 5.83. The van der Waals surface area contributed by atoms with Crippen LogP contribution >= 0.6 is 0 Å². The third kappa shape index (κ3) is 3.58. The molecule has 15 heavy (non-hydrogen) atoms. The summed E-state index contributed by atoms with van der Waals surface area (Å²) in [5.74, 6) is -0.103. The van der Waals surface area contributed by atoms with Crippen LogP contribution in [0, 0.1) is 0 Å². The van der Waals surface area contributed by atoms with Gasteiger partial charge in [0, 0.05) is 16.3 Å². The molecule has 1 N–H and O–H groups in total. The summed E-state index contributed by atoms with van der Waals surface area (Å²) in [6, 6.07) is 3.51. The highest BCUT2D eigenvalue weighted by Crippen LogP contribution is 2.02. The van der Waals surface area contributed by atoms with Gasteiger partial charge in [0.2, 0.25) is 12.4 Å². The molecular weight excluding hydrogens is 192 g/mol. The van der Waals surface area contributed by atoms with Crippen LogP contribution in [0.5, 0.6) is 0 Å². The van der Waals surface area contributed by atoms with Gasteiger partial charge in [0.15, 0.2) is 0 Å². The van der Waals surface area contributed by atoms with Crippen LogP contribution in [-0.2, 0) is 0 Å².